The summed E-state index contributed by atoms with van der Waals surface area (Å²) >= 11 is 5.64. The first kappa shape index (κ1) is 25.8. The molecule has 38 heavy (non-hydrogen) atoms. The van der Waals surface area contributed by atoms with Crippen molar-refractivity contribution in [1.29, 1.82) is 0 Å². The minimum atomic E-state index is -4.64. The van der Waals surface area contributed by atoms with Gasteiger partial charge in [0.2, 0.25) is 0 Å². The maximum absolute atomic E-state index is 13.1. The molecule has 13 heteroatoms. The molecular weight excluding hydrogens is 523 g/mol. The van der Waals surface area contributed by atoms with Crippen LogP contribution in [0.2, 0.25) is 5.02 Å². The molecule has 0 aliphatic carbocycles. The number of ether oxygens (including phenoxy) is 1. The lowest BCUT2D eigenvalue weighted by Crippen LogP contribution is -2.36. The number of hydrogen-bond acceptors (Lipinski definition) is 6. The molecule has 0 bridgehead atoms. The summed E-state index contributed by atoms with van der Waals surface area (Å²) in [5.74, 6) is 0.339. The molecule has 3 heterocycles. The average Bonchev–Trinajstić information content (AvgIpc) is 3.25. The van der Waals surface area contributed by atoms with Gasteiger partial charge < -0.3 is 21.1 Å². The number of rotatable bonds is 5. The van der Waals surface area contributed by atoms with Crippen LogP contribution < -0.4 is 16.4 Å². The third kappa shape index (κ3) is 5.52. The fourth-order valence-corrected chi connectivity index (χ4v) is 4.53. The number of nitrogens with one attached hydrogen (secondary N) is 2. The van der Waals surface area contributed by atoms with Gasteiger partial charge in [0, 0.05) is 36.6 Å². The van der Waals surface area contributed by atoms with Crippen LogP contribution in [-0.4, -0.2) is 51.8 Å². The third-order valence-electron chi connectivity index (χ3n) is 6.13. The molecule has 2 aromatic heterocycles. The highest BCUT2D eigenvalue weighted by Gasteiger charge is 2.33. The van der Waals surface area contributed by atoms with Gasteiger partial charge in [-0.05, 0) is 42.0 Å². The van der Waals surface area contributed by atoms with E-state index in [1.807, 2.05) is 6.07 Å². The van der Waals surface area contributed by atoms with E-state index in [-0.39, 0.29) is 5.69 Å². The first-order valence-electron chi connectivity index (χ1n) is 11.7. The Morgan fingerprint density at radius 3 is 2.45 bits per heavy atom. The molecule has 9 nitrogen and oxygen atoms in total. The predicted molar refractivity (Wildman–Crippen MR) is 138 cm³/mol. The summed E-state index contributed by atoms with van der Waals surface area (Å²) in [4.78, 5) is 18.8. The number of amides is 2. The molecule has 1 saturated heterocycles. The Hall–Kier alpha value is -3.87. The SMILES string of the molecule is Nc1ncnn2c(CN3CCOCC3)cc(-c3ccc(NC(=O)Nc4ccc(Cl)c(C(F)(F)F)c4)cc3)c12. The summed E-state index contributed by atoms with van der Waals surface area (Å²) in [6.45, 7) is 3.66. The van der Waals surface area contributed by atoms with Gasteiger partial charge in [0.1, 0.15) is 11.8 Å². The van der Waals surface area contributed by atoms with Crippen molar-refractivity contribution in [3.05, 3.63) is 71.1 Å². The molecule has 5 rings (SSSR count). The highest BCUT2D eigenvalue weighted by Crippen LogP contribution is 2.36. The van der Waals surface area contributed by atoms with E-state index in [0.29, 0.717) is 36.8 Å². The Morgan fingerprint density at radius 1 is 1.05 bits per heavy atom. The normalized spacial score (nSPS) is 14.5. The van der Waals surface area contributed by atoms with Crippen LogP contribution in [0.5, 0.6) is 0 Å². The van der Waals surface area contributed by atoms with Crippen LogP contribution >= 0.6 is 11.6 Å². The first-order valence-corrected chi connectivity index (χ1v) is 12.0. The summed E-state index contributed by atoms with van der Waals surface area (Å²) in [7, 11) is 0. The molecule has 1 aliphatic rings. The van der Waals surface area contributed by atoms with E-state index in [1.54, 1.807) is 28.8 Å². The van der Waals surface area contributed by atoms with Crippen molar-refractivity contribution in [1.82, 2.24) is 19.5 Å². The minimum Gasteiger partial charge on any atom is -0.382 e. The van der Waals surface area contributed by atoms with Gasteiger partial charge in [-0.3, -0.25) is 4.90 Å². The van der Waals surface area contributed by atoms with Crippen molar-refractivity contribution in [3.63, 3.8) is 0 Å². The standard InChI is InChI=1S/C25H23ClF3N7O2/c26-21-6-5-17(11-20(21)25(27,28)29)34-24(37)33-16-3-1-15(2-4-16)19-12-18(13-35-7-9-38-10-8-35)36-22(19)23(30)31-14-32-36/h1-6,11-12,14H,7-10,13H2,(H2,30,31,32)(H2,33,34,37). The number of morpholine rings is 1. The minimum absolute atomic E-state index is 0.0422. The van der Waals surface area contributed by atoms with Gasteiger partial charge in [-0.2, -0.15) is 18.3 Å². The van der Waals surface area contributed by atoms with Crippen LogP contribution in [0.3, 0.4) is 0 Å². The molecule has 0 saturated carbocycles. The molecule has 0 unspecified atom stereocenters. The van der Waals surface area contributed by atoms with Crippen LogP contribution in [-0.2, 0) is 17.5 Å². The molecule has 1 aliphatic heterocycles. The number of nitrogens with two attached hydrogens (primary N) is 1. The second-order valence-corrected chi connectivity index (χ2v) is 9.10. The summed E-state index contributed by atoms with van der Waals surface area (Å²) < 4.78 is 46.5. The Morgan fingerprint density at radius 2 is 1.74 bits per heavy atom. The third-order valence-corrected chi connectivity index (χ3v) is 6.46. The van der Waals surface area contributed by atoms with Crippen molar-refractivity contribution in [2.24, 2.45) is 0 Å². The number of carbonyl (C=O) groups is 1. The van der Waals surface area contributed by atoms with E-state index in [4.69, 9.17) is 22.1 Å². The van der Waals surface area contributed by atoms with E-state index >= 15 is 0 Å². The lowest BCUT2D eigenvalue weighted by molar-refractivity contribution is -0.137. The van der Waals surface area contributed by atoms with Gasteiger partial charge in [-0.1, -0.05) is 23.7 Å². The monoisotopic (exact) mass is 545 g/mol. The topological polar surface area (TPSA) is 110 Å². The number of nitrogens with zero attached hydrogens (tertiary/aromatic N) is 4. The van der Waals surface area contributed by atoms with Crippen LogP contribution in [0.15, 0.2) is 54.9 Å². The van der Waals surface area contributed by atoms with Crippen LogP contribution in [0, 0.1) is 0 Å². The second-order valence-electron chi connectivity index (χ2n) is 8.69. The Kier molecular flexibility index (Phi) is 7.11. The molecule has 2 amide bonds. The second kappa shape index (κ2) is 10.5. The summed E-state index contributed by atoms with van der Waals surface area (Å²) in [6.07, 6.45) is -3.22. The van der Waals surface area contributed by atoms with E-state index in [9.17, 15) is 18.0 Å². The van der Waals surface area contributed by atoms with E-state index in [2.05, 4.69) is 25.6 Å². The Balaban J connectivity index is 1.33. The highest BCUT2D eigenvalue weighted by atomic mass is 35.5. The predicted octanol–water partition coefficient (Wildman–Crippen LogP) is 5.13. The van der Waals surface area contributed by atoms with Gasteiger partial charge in [-0.15, -0.1) is 0 Å². The lowest BCUT2D eigenvalue weighted by atomic mass is 10.1. The number of carbonyl (C=O) groups excluding carboxylic acids is 1. The van der Waals surface area contributed by atoms with Gasteiger partial charge in [0.05, 0.1) is 29.5 Å². The van der Waals surface area contributed by atoms with E-state index < -0.39 is 22.8 Å². The Labute approximate surface area is 220 Å². The number of alkyl halides is 3. The molecule has 0 spiro atoms. The average molecular weight is 546 g/mol. The van der Waals surface area contributed by atoms with Gasteiger partial charge in [0.15, 0.2) is 5.82 Å². The zero-order valence-electron chi connectivity index (χ0n) is 19.9. The van der Waals surface area contributed by atoms with Crippen molar-refractivity contribution >= 4 is 40.3 Å². The van der Waals surface area contributed by atoms with Crippen molar-refractivity contribution in [2.75, 3.05) is 42.7 Å². The molecular formula is C25H23ClF3N7O2. The largest absolute Gasteiger partial charge is 0.417 e. The summed E-state index contributed by atoms with van der Waals surface area (Å²) in [6, 6.07) is 11.5. The zero-order valence-corrected chi connectivity index (χ0v) is 20.7. The van der Waals surface area contributed by atoms with Crippen molar-refractivity contribution < 1.29 is 22.7 Å². The molecule has 198 valence electrons. The number of aromatic nitrogens is 3. The highest BCUT2D eigenvalue weighted by molar-refractivity contribution is 6.31. The molecule has 0 radical (unpaired) electrons. The number of halogens is 4. The fourth-order valence-electron chi connectivity index (χ4n) is 4.30. The maximum atomic E-state index is 13.1. The number of benzene rings is 2. The van der Waals surface area contributed by atoms with Gasteiger partial charge in [-0.25, -0.2) is 14.3 Å². The quantitative estimate of drug-likeness (QED) is 0.321. The first-order chi connectivity index (χ1) is 18.2. The number of urea groups is 1. The van der Waals surface area contributed by atoms with E-state index in [1.165, 1.54) is 12.4 Å². The molecule has 2 aromatic carbocycles. The summed E-state index contributed by atoms with van der Waals surface area (Å²) in [5.41, 5.74) is 8.87. The van der Waals surface area contributed by atoms with Crippen LogP contribution in [0.1, 0.15) is 11.3 Å². The Bertz CT molecular complexity index is 1470. The van der Waals surface area contributed by atoms with Gasteiger partial charge in [0.25, 0.3) is 0 Å². The summed E-state index contributed by atoms with van der Waals surface area (Å²) in [5, 5.41) is 8.96. The van der Waals surface area contributed by atoms with Gasteiger partial charge >= 0.3 is 12.2 Å². The number of nitrogen functional groups attached to an aromatic ring is 1. The number of fused-ring (bicyclic) bond motifs is 1. The maximum Gasteiger partial charge on any atom is 0.417 e. The van der Waals surface area contributed by atoms with Crippen molar-refractivity contribution in [2.45, 2.75) is 12.7 Å². The van der Waals surface area contributed by atoms with E-state index in [0.717, 1.165) is 42.0 Å². The molecule has 0 atom stereocenters. The number of hydrogen-bond donors (Lipinski definition) is 3. The van der Waals surface area contributed by atoms with Crippen LogP contribution in [0.4, 0.5) is 35.2 Å². The van der Waals surface area contributed by atoms with Crippen molar-refractivity contribution in [3.8, 4) is 11.1 Å². The molecule has 1 fully saturated rings. The molecule has 4 aromatic rings. The molecule has 4 N–H and O–H groups in total. The lowest BCUT2D eigenvalue weighted by Gasteiger charge is -2.26. The number of anilines is 3. The smallest absolute Gasteiger partial charge is 0.382 e. The fraction of sp³-hybridized carbons (Fsp3) is 0.240. The zero-order chi connectivity index (χ0) is 26.9. The van der Waals surface area contributed by atoms with Crippen LogP contribution in [0.25, 0.3) is 16.6 Å².